The van der Waals surface area contributed by atoms with Gasteiger partial charge in [-0.1, -0.05) is 12.2 Å². The van der Waals surface area contributed by atoms with Crippen LogP contribution in [-0.4, -0.2) is 106 Å². The van der Waals surface area contributed by atoms with Gasteiger partial charge in [0.05, 0.1) is 53.8 Å². The Morgan fingerprint density at radius 3 is 2.03 bits per heavy atom. The van der Waals surface area contributed by atoms with E-state index in [1.165, 1.54) is 7.11 Å². The number of nitrogens with one attached hydrogen (secondary N) is 3. The number of aliphatic imine (C=N–C) groups is 1. The summed E-state index contributed by atoms with van der Waals surface area (Å²) in [5, 5.41) is 8.50. The molecule has 0 aliphatic carbocycles. The molecule has 6 rings (SSSR count). The number of benzene rings is 1. The molecule has 58 heavy (non-hydrogen) atoms. The second kappa shape index (κ2) is 17.8. The molecule has 1 atom stereocenters. The highest BCUT2D eigenvalue weighted by molar-refractivity contribution is 6.08. The summed E-state index contributed by atoms with van der Waals surface area (Å²) in [6, 6.07) is 8.00. The first-order chi connectivity index (χ1) is 27.7. The Balaban J connectivity index is 0.981. The summed E-state index contributed by atoms with van der Waals surface area (Å²) in [7, 11) is 10.7. The zero-order valence-electron chi connectivity index (χ0n) is 33.9. The standard InChI is InChI=1S/C42H51N9O7/c1-26-15-30-21-43-32-20-38(37(57-7)19-31(32)42(56)51(30)22-26)58-14-10-12-39(53)44-27-17-34(49(5)23-27)40(54)46-29-18-35(50(6)25-29)41(55)45-28-16-33(48(4)24-28)36(52)11-8-9-13-47(2)3/h16-21,23-25,30H,1,8-15,22H2,2-7H3,(H,44,53)(H,45,55)(H,46,54)/t30-/m0/s1. The summed E-state index contributed by atoms with van der Waals surface area (Å²) in [6.07, 6.45) is 10.1. The van der Waals surface area contributed by atoms with Gasteiger partial charge in [-0.05, 0) is 70.6 Å². The summed E-state index contributed by atoms with van der Waals surface area (Å²) < 4.78 is 16.4. The number of rotatable bonds is 17. The molecular formula is C42H51N9O7. The van der Waals surface area contributed by atoms with Crippen LogP contribution in [0.2, 0.25) is 0 Å². The predicted octanol–water partition coefficient (Wildman–Crippen LogP) is 5.41. The average Bonchev–Trinajstić information content (AvgIpc) is 3.93. The van der Waals surface area contributed by atoms with Crippen molar-refractivity contribution in [2.45, 2.75) is 44.6 Å². The Labute approximate surface area is 337 Å². The first-order valence-corrected chi connectivity index (χ1v) is 19.2. The maximum atomic E-state index is 13.3. The Bertz CT molecular complexity index is 2280. The number of fused-ring (bicyclic) bond motifs is 2. The minimum absolute atomic E-state index is 0.0160. The van der Waals surface area contributed by atoms with Crippen LogP contribution in [-0.2, 0) is 25.9 Å². The van der Waals surface area contributed by atoms with E-state index in [4.69, 9.17) is 9.47 Å². The van der Waals surface area contributed by atoms with E-state index in [0.717, 1.165) is 25.0 Å². The van der Waals surface area contributed by atoms with Crippen LogP contribution in [0.5, 0.6) is 11.5 Å². The van der Waals surface area contributed by atoms with Crippen LogP contribution < -0.4 is 25.4 Å². The molecule has 4 amide bonds. The van der Waals surface area contributed by atoms with Crippen LogP contribution in [0.4, 0.5) is 22.7 Å². The molecule has 1 aromatic carbocycles. The van der Waals surface area contributed by atoms with Crippen LogP contribution in [0.1, 0.15) is 80.3 Å². The van der Waals surface area contributed by atoms with E-state index in [9.17, 15) is 24.0 Å². The maximum Gasteiger partial charge on any atom is 0.272 e. The third-order valence-electron chi connectivity index (χ3n) is 10.1. The summed E-state index contributed by atoms with van der Waals surface area (Å²) in [5.74, 6) is -0.402. The molecule has 0 radical (unpaired) electrons. The van der Waals surface area contributed by atoms with Crippen molar-refractivity contribution in [1.29, 1.82) is 0 Å². The fourth-order valence-electron chi connectivity index (χ4n) is 7.10. The number of nitrogens with zero attached hydrogens (tertiary/aromatic N) is 6. The number of ether oxygens (including phenoxy) is 2. The van der Waals surface area contributed by atoms with Crippen molar-refractivity contribution < 1.29 is 33.4 Å². The quantitative estimate of drug-likeness (QED) is 0.0723. The van der Waals surface area contributed by atoms with Crippen molar-refractivity contribution in [2.75, 3.05) is 56.9 Å². The molecule has 0 unspecified atom stereocenters. The molecule has 2 aliphatic rings. The third-order valence-corrected chi connectivity index (χ3v) is 10.1. The first kappa shape index (κ1) is 41.2. The van der Waals surface area contributed by atoms with Crippen LogP contribution in [0.3, 0.4) is 0 Å². The second-order valence-corrected chi connectivity index (χ2v) is 15.0. The van der Waals surface area contributed by atoms with Crippen molar-refractivity contribution in [2.24, 2.45) is 26.1 Å². The van der Waals surface area contributed by atoms with Gasteiger partial charge in [0.15, 0.2) is 17.3 Å². The molecule has 5 heterocycles. The summed E-state index contributed by atoms with van der Waals surface area (Å²) >= 11 is 0. The lowest BCUT2D eigenvalue weighted by molar-refractivity contribution is -0.116. The number of carbonyl (C=O) groups is 5. The van der Waals surface area contributed by atoms with Crippen LogP contribution in [0.25, 0.3) is 0 Å². The number of ketones is 1. The number of unbranched alkanes of at least 4 members (excludes halogenated alkanes) is 1. The van der Waals surface area contributed by atoms with Crippen molar-refractivity contribution >= 4 is 58.4 Å². The monoisotopic (exact) mass is 793 g/mol. The molecule has 16 heteroatoms. The fraction of sp³-hybridized carbons (Fsp3) is 0.381. The number of methoxy groups -OCH3 is 1. The van der Waals surface area contributed by atoms with Crippen molar-refractivity contribution in [3.05, 3.63) is 83.7 Å². The zero-order valence-corrected chi connectivity index (χ0v) is 33.9. The largest absolute Gasteiger partial charge is 0.493 e. The van der Waals surface area contributed by atoms with Gasteiger partial charge >= 0.3 is 0 Å². The summed E-state index contributed by atoms with van der Waals surface area (Å²) in [6.45, 7) is 5.63. The predicted molar refractivity (Wildman–Crippen MR) is 222 cm³/mol. The smallest absolute Gasteiger partial charge is 0.272 e. The van der Waals surface area contributed by atoms with E-state index < -0.39 is 11.8 Å². The van der Waals surface area contributed by atoms with E-state index >= 15 is 0 Å². The normalized spacial score (nSPS) is 14.6. The zero-order chi connectivity index (χ0) is 41.7. The van der Waals surface area contributed by atoms with E-state index in [2.05, 4.69) is 32.4 Å². The molecular weight excluding hydrogens is 743 g/mol. The lowest BCUT2D eigenvalue weighted by Crippen LogP contribution is -2.35. The number of Topliss-reactive ketones (excluding diaryl/α,β-unsaturated/α-hetero) is 1. The SMILES string of the molecule is C=C1C[C@H]2C=Nc3cc(OCCCC(=O)Nc4cc(C(=O)Nc5cc(C(=O)Nc6cc(C(=O)CCCCN(C)C)n(C)c6)n(C)c5)n(C)c4)c(OC)cc3C(=O)N2C1. The first-order valence-electron chi connectivity index (χ1n) is 19.2. The molecule has 4 aromatic rings. The minimum Gasteiger partial charge on any atom is -0.493 e. The molecule has 306 valence electrons. The minimum atomic E-state index is -0.433. The van der Waals surface area contributed by atoms with Crippen molar-refractivity contribution in [3.63, 3.8) is 0 Å². The highest BCUT2D eigenvalue weighted by Crippen LogP contribution is 2.38. The molecule has 0 saturated carbocycles. The number of hydrogen-bond acceptors (Lipinski definition) is 9. The lowest BCUT2D eigenvalue weighted by Gasteiger charge is -2.20. The van der Waals surface area contributed by atoms with Gasteiger partial charge in [0.25, 0.3) is 17.7 Å². The van der Waals surface area contributed by atoms with Gasteiger partial charge < -0.3 is 48.9 Å². The van der Waals surface area contributed by atoms with E-state index in [0.29, 0.717) is 82.7 Å². The molecule has 0 bridgehead atoms. The second-order valence-electron chi connectivity index (χ2n) is 15.0. The average molecular weight is 794 g/mol. The Morgan fingerprint density at radius 1 is 0.810 bits per heavy atom. The highest BCUT2D eigenvalue weighted by atomic mass is 16.5. The van der Waals surface area contributed by atoms with E-state index in [1.54, 1.807) is 94.9 Å². The lowest BCUT2D eigenvalue weighted by atomic mass is 10.1. The van der Waals surface area contributed by atoms with Crippen molar-refractivity contribution in [1.82, 2.24) is 23.5 Å². The van der Waals surface area contributed by atoms with Crippen LogP contribution in [0, 0.1) is 0 Å². The fourth-order valence-corrected chi connectivity index (χ4v) is 7.10. The van der Waals surface area contributed by atoms with Gasteiger partial charge in [0.1, 0.15) is 11.4 Å². The van der Waals surface area contributed by atoms with Crippen LogP contribution in [0.15, 0.2) is 66.1 Å². The topological polar surface area (TPSA) is 174 Å². The number of aryl methyl sites for hydroxylation is 3. The van der Waals surface area contributed by atoms with Gasteiger partial charge in [-0.15, -0.1) is 0 Å². The number of carbonyl (C=O) groups excluding carboxylic acids is 5. The van der Waals surface area contributed by atoms with E-state index in [1.807, 2.05) is 14.1 Å². The van der Waals surface area contributed by atoms with Gasteiger partial charge in [0.2, 0.25) is 5.91 Å². The Hall–Kier alpha value is -6.42. The summed E-state index contributed by atoms with van der Waals surface area (Å²) in [4.78, 5) is 73.8. The maximum absolute atomic E-state index is 13.3. The number of amides is 4. The van der Waals surface area contributed by atoms with Crippen LogP contribution >= 0.6 is 0 Å². The van der Waals surface area contributed by atoms with E-state index in [-0.39, 0.29) is 36.7 Å². The Morgan fingerprint density at radius 2 is 1.41 bits per heavy atom. The number of aromatic nitrogens is 3. The van der Waals surface area contributed by atoms with Crippen molar-refractivity contribution in [3.8, 4) is 11.5 Å². The number of anilines is 3. The molecule has 1 fully saturated rings. The van der Waals surface area contributed by atoms with Gasteiger partial charge in [-0.25, -0.2) is 0 Å². The molecule has 16 nitrogen and oxygen atoms in total. The van der Waals surface area contributed by atoms with Gasteiger partial charge in [0, 0.05) is 71.4 Å². The highest BCUT2D eigenvalue weighted by Gasteiger charge is 2.34. The summed E-state index contributed by atoms with van der Waals surface area (Å²) in [5.41, 5.74) is 4.37. The molecule has 2 aliphatic heterocycles. The molecule has 3 aromatic heterocycles. The molecule has 0 spiro atoms. The Kier molecular flexibility index (Phi) is 12.6. The van der Waals surface area contributed by atoms with Gasteiger partial charge in [-0.2, -0.15) is 0 Å². The number of hydrogen-bond donors (Lipinski definition) is 3. The molecule has 1 saturated heterocycles. The third kappa shape index (κ3) is 9.57. The molecule has 3 N–H and O–H groups in total. The van der Waals surface area contributed by atoms with Gasteiger partial charge in [-0.3, -0.25) is 29.0 Å².